The summed E-state index contributed by atoms with van der Waals surface area (Å²) in [7, 11) is 3.54. The summed E-state index contributed by atoms with van der Waals surface area (Å²) in [5.41, 5.74) is 1.19. The van der Waals surface area contributed by atoms with Crippen LogP contribution < -0.4 is 10.1 Å². The second-order valence-corrected chi connectivity index (χ2v) is 9.97. The number of hydrogen-bond acceptors (Lipinski definition) is 5. The van der Waals surface area contributed by atoms with E-state index in [2.05, 4.69) is 24.1 Å². The van der Waals surface area contributed by atoms with Crippen molar-refractivity contribution in [3.63, 3.8) is 0 Å². The Morgan fingerprint density at radius 3 is 2.59 bits per heavy atom. The molecule has 0 bridgehead atoms. The lowest BCUT2D eigenvalue weighted by molar-refractivity contribution is -0.117. The Morgan fingerprint density at radius 2 is 1.94 bits per heavy atom. The van der Waals surface area contributed by atoms with E-state index in [1.165, 1.54) is 12.8 Å². The number of methoxy groups -OCH3 is 1. The molecule has 3 aliphatic rings. The Balaban J connectivity index is 1.60. The predicted molar refractivity (Wildman–Crippen MR) is 124 cm³/mol. The zero-order chi connectivity index (χ0) is 22.8. The van der Waals surface area contributed by atoms with Crippen molar-refractivity contribution in [3.8, 4) is 5.75 Å². The molecule has 2 fully saturated rings. The molecule has 1 aromatic rings. The second-order valence-electron chi connectivity index (χ2n) is 9.97. The molecule has 0 radical (unpaired) electrons. The summed E-state index contributed by atoms with van der Waals surface area (Å²) in [4.78, 5) is 29.7. The fourth-order valence-electron chi connectivity index (χ4n) is 4.40. The fourth-order valence-corrected chi connectivity index (χ4v) is 4.40. The van der Waals surface area contributed by atoms with Gasteiger partial charge in [-0.25, -0.2) is 0 Å². The Hall–Kier alpha value is -2.12. The summed E-state index contributed by atoms with van der Waals surface area (Å²) in [6, 6.07) is 5.56. The lowest BCUT2D eigenvalue weighted by Gasteiger charge is -2.36. The van der Waals surface area contributed by atoms with Gasteiger partial charge in [0.2, 0.25) is 5.91 Å². The summed E-state index contributed by atoms with van der Waals surface area (Å²) in [6.07, 6.45) is 4.46. The molecular weight excluding hydrogens is 406 g/mol. The summed E-state index contributed by atoms with van der Waals surface area (Å²) in [5, 5.41) is 2.97. The van der Waals surface area contributed by atoms with Gasteiger partial charge in [0.15, 0.2) is 0 Å². The van der Waals surface area contributed by atoms with Crippen molar-refractivity contribution >= 4 is 17.5 Å². The van der Waals surface area contributed by atoms with E-state index >= 15 is 0 Å². The molecule has 4 rings (SSSR count). The number of hydrogen-bond donors (Lipinski definition) is 1. The number of nitrogens with one attached hydrogen (secondary N) is 1. The van der Waals surface area contributed by atoms with Crippen molar-refractivity contribution < 1.29 is 19.1 Å². The molecule has 3 atom stereocenters. The molecule has 1 heterocycles. The Labute approximate surface area is 191 Å². The zero-order valence-electron chi connectivity index (χ0n) is 19.8. The van der Waals surface area contributed by atoms with E-state index in [9.17, 15) is 9.59 Å². The van der Waals surface area contributed by atoms with Crippen molar-refractivity contribution in [2.75, 3.05) is 45.7 Å². The van der Waals surface area contributed by atoms with Crippen LogP contribution in [0, 0.1) is 17.8 Å². The van der Waals surface area contributed by atoms with Crippen LogP contribution in [0.4, 0.5) is 5.69 Å². The third-order valence-electron chi connectivity index (χ3n) is 6.98. The molecule has 2 amide bonds. The van der Waals surface area contributed by atoms with Crippen LogP contribution in [0.15, 0.2) is 18.2 Å². The molecule has 7 nitrogen and oxygen atoms in total. The maximum absolute atomic E-state index is 13.3. The molecular formula is C25H37N3O4. The highest BCUT2D eigenvalue weighted by molar-refractivity contribution is 5.99. The molecule has 0 unspecified atom stereocenters. The van der Waals surface area contributed by atoms with E-state index in [-0.39, 0.29) is 35.8 Å². The summed E-state index contributed by atoms with van der Waals surface area (Å²) in [6.45, 7) is 7.38. The smallest absolute Gasteiger partial charge is 0.257 e. The first kappa shape index (κ1) is 23.1. The highest BCUT2D eigenvalue weighted by Crippen LogP contribution is 2.33. The lowest BCUT2D eigenvalue weighted by atomic mass is 10.0. The largest absolute Gasteiger partial charge is 0.491 e. The van der Waals surface area contributed by atoms with Crippen LogP contribution in [0.25, 0.3) is 0 Å². The van der Waals surface area contributed by atoms with Gasteiger partial charge in [-0.05, 0) is 56.6 Å². The van der Waals surface area contributed by atoms with Gasteiger partial charge in [-0.1, -0.05) is 6.92 Å². The van der Waals surface area contributed by atoms with Crippen molar-refractivity contribution in [1.29, 1.82) is 0 Å². The molecule has 1 aliphatic heterocycles. The Morgan fingerprint density at radius 1 is 1.19 bits per heavy atom. The first-order valence-corrected chi connectivity index (χ1v) is 12.0. The van der Waals surface area contributed by atoms with Crippen molar-refractivity contribution in [1.82, 2.24) is 9.80 Å². The van der Waals surface area contributed by atoms with E-state index in [4.69, 9.17) is 9.47 Å². The highest BCUT2D eigenvalue weighted by Gasteiger charge is 2.32. The topological polar surface area (TPSA) is 71.1 Å². The first-order valence-electron chi connectivity index (χ1n) is 12.0. The van der Waals surface area contributed by atoms with Gasteiger partial charge < -0.3 is 19.7 Å². The quantitative estimate of drug-likeness (QED) is 0.756. The van der Waals surface area contributed by atoms with Crippen LogP contribution >= 0.6 is 0 Å². The second kappa shape index (κ2) is 9.79. The fraction of sp³-hybridized carbons (Fsp3) is 0.680. The number of rotatable bonds is 5. The van der Waals surface area contributed by atoms with Gasteiger partial charge >= 0.3 is 0 Å². The third kappa shape index (κ3) is 5.62. The van der Waals surface area contributed by atoms with E-state index in [0.29, 0.717) is 30.2 Å². The maximum atomic E-state index is 13.3. The standard InChI is InChI=1S/C25H37N3O4/c1-16-12-28(13-18-5-6-18)17(2)15-32-22-11-20(26-24(29)19-7-8-19)9-10-21(22)25(30)27(3)14-23(16)31-4/h9-11,16-19,23H,5-8,12-15H2,1-4H3,(H,26,29)/t16-,17+,23-/m1/s1. The molecule has 0 spiro atoms. The van der Waals surface area contributed by atoms with E-state index in [1.807, 2.05) is 7.05 Å². The number of carbonyl (C=O) groups excluding carboxylic acids is 2. The van der Waals surface area contributed by atoms with Gasteiger partial charge in [0, 0.05) is 57.5 Å². The third-order valence-corrected chi connectivity index (χ3v) is 6.98. The van der Waals surface area contributed by atoms with Crippen molar-refractivity contribution in [2.24, 2.45) is 17.8 Å². The van der Waals surface area contributed by atoms with Crippen LogP contribution in [0.2, 0.25) is 0 Å². The first-order chi connectivity index (χ1) is 15.4. The molecule has 2 aliphatic carbocycles. The molecule has 0 saturated heterocycles. The van der Waals surface area contributed by atoms with Gasteiger partial charge in [0.05, 0.1) is 11.7 Å². The summed E-state index contributed by atoms with van der Waals surface area (Å²) in [5.74, 6) is 1.65. The van der Waals surface area contributed by atoms with Crippen LogP contribution in [-0.4, -0.2) is 74.2 Å². The predicted octanol–water partition coefficient (Wildman–Crippen LogP) is 3.25. The summed E-state index contributed by atoms with van der Waals surface area (Å²) >= 11 is 0. The maximum Gasteiger partial charge on any atom is 0.257 e. The molecule has 1 N–H and O–H groups in total. The lowest BCUT2D eigenvalue weighted by Crippen LogP contribution is -2.47. The SMILES string of the molecule is CO[C@@H]1CN(C)C(=O)c2ccc(NC(=O)C3CC3)cc2OC[C@H](C)N(CC2CC2)C[C@H]1C. The number of benzene rings is 1. The molecule has 7 heteroatoms. The van der Waals surface area contributed by atoms with Gasteiger partial charge in [0.25, 0.3) is 5.91 Å². The average Bonchev–Trinajstić information content (AvgIpc) is 3.68. The Bertz CT molecular complexity index is 836. The monoisotopic (exact) mass is 443 g/mol. The van der Waals surface area contributed by atoms with Crippen LogP contribution in [0.3, 0.4) is 0 Å². The Kier molecular flexibility index (Phi) is 7.05. The minimum absolute atomic E-state index is 0.0428. The highest BCUT2D eigenvalue weighted by atomic mass is 16.5. The molecule has 1 aromatic carbocycles. The number of nitrogens with zero attached hydrogens (tertiary/aromatic N) is 2. The zero-order valence-corrected chi connectivity index (χ0v) is 19.8. The number of amides is 2. The van der Waals surface area contributed by atoms with Crippen molar-refractivity contribution in [3.05, 3.63) is 23.8 Å². The number of ether oxygens (including phenoxy) is 2. The number of likely N-dealkylation sites (N-methyl/N-ethyl adjacent to an activating group) is 1. The molecule has 32 heavy (non-hydrogen) atoms. The van der Waals surface area contributed by atoms with E-state index in [0.717, 1.165) is 31.8 Å². The van der Waals surface area contributed by atoms with Gasteiger partial charge in [-0.2, -0.15) is 0 Å². The number of carbonyl (C=O) groups is 2. The number of fused-ring (bicyclic) bond motifs is 1. The molecule has 176 valence electrons. The number of anilines is 1. The van der Waals surface area contributed by atoms with Crippen LogP contribution in [-0.2, 0) is 9.53 Å². The molecule has 2 saturated carbocycles. The van der Waals surface area contributed by atoms with Gasteiger partial charge in [-0.15, -0.1) is 0 Å². The van der Waals surface area contributed by atoms with E-state index in [1.54, 1.807) is 30.2 Å². The average molecular weight is 444 g/mol. The minimum atomic E-state index is -0.0996. The van der Waals surface area contributed by atoms with Gasteiger partial charge in [-0.3, -0.25) is 14.5 Å². The van der Waals surface area contributed by atoms with E-state index < -0.39 is 0 Å². The normalized spacial score (nSPS) is 27.7. The van der Waals surface area contributed by atoms with Crippen LogP contribution in [0.5, 0.6) is 5.75 Å². The van der Waals surface area contributed by atoms with Gasteiger partial charge in [0.1, 0.15) is 12.4 Å². The summed E-state index contributed by atoms with van der Waals surface area (Å²) < 4.78 is 12.0. The van der Waals surface area contributed by atoms with Crippen molar-refractivity contribution in [2.45, 2.75) is 51.7 Å². The van der Waals surface area contributed by atoms with Crippen LogP contribution in [0.1, 0.15) is 49.9 Å². The molecule has 0 aromatic heterocycles. The minimum Gasteiger partial charge on any atom is -0.491 e.